The van der Waals surface area contributed by atoms with Crippen LogP contribution in [0.3, 0.4) is 0 Å². The van der Waals surface area contributed by atoms with Crippen molar-refractivity contribution in [3.8, 4) is 0 Å². The van der Waals surface area contributed by atoms with Crippen LogP contribution in [0.15, 0.2) is 149 Å². The molecule has 3 aliphatic rings. The van der Waals surface area contributed by atoms with E-state index < -0.39 is 30.1 Å². The Morgan fingerprint density at radius 3 is 0.958 bits per heavy atom. The van der Waals surface area contributed by atoms with Gasteiger partial charge in [-0.3, -0.25) is 14.7 Å². The number of hydrogen-bond acceptors (Lipinski definition) is 11. The van der Waals surface area contributed by atoms with E-state index in [0.29, 0.717) is 58.9 Å². The summed E-state index contributed by atoms with van der Waals surface area (Å²) in [7, 11) is -13.0. The Kier molecular flexibility index (Phi) is 13.9. The van der Waals surface area contributed by atoms with Crippen molar-refractivity contribution < 1.29 is 25.3 Å². The molecule has 0 unspecified atom stereocenters. The Bertz CT molecular complexity index is 3420. The maximum atomic E-state index is 15.2. The van der Waals surface area contributed by atoms with Crippen LogP contribution < -0.4 is 0 Å². The number of rotatable bonds is 16. The predicted molar refractivity (Wildman–Crippen MR) is 287 cm³/mol. The van der Waals surface area contributed by atoms with Gasteiger partial charge in [-0.2, -0.15) is 12.9 Å². The first-order chi connectivity index (χ1) is 34.7. The van der Waals surface area contributed by atoms with Crippen LogP contribution in [-0.2, 0) is 49.7 Å². The SMILES string of the molecule is C=Cc1ccc(CN2CCN(S(=O)(=O)c3cc(N=O)c4ccc5c(S(=O)(=O)N6CCN(Cc7ccc(C=C)cc7)CC6)cc(S(=O)(=O)N6CCN(Cc7ccc(C=C)cc7)CC6)c6ccc3c4c56)CC2)cc1. The molecule has 72 heavy (non-hydrogen) atoms. The average molecular weight is 1020 g/mol. The van der Waals surface area contributed by atoms with E-state index in [-0.39, 0.29) is 92.0 Å². The van der Waals surface area contributed by atoms with Crippen molar-refractivity contribution in [3.63, 3.8) is 0 Å². The van der Waals surface area contributed by atoms with Crippen molar-refractivity contribution in [1.82, 2.24) is 27.6 Å². The molecule has 3 aliphatic heterocycles. The number of nitroso groups, excluding NO2 is 1. The van der Waals surface area contributed by atoms with Crippen molar-refractivity contribution in [1.29, 1.82) is 0 Å². The molecule has 0 aromatic heterocycles. The lowest BCUT2D eigenvalue weighted by Gasteiger charge is -2.35. The van der Waals surface area contributed by atoms with Crippen LogP contribution in [0.5, 0.6) is 0 Å². The highest BCUT2D eigenvalue weighted by atomic mass is 32.2. The van der Waals surface area contributed by atoms with Crippen molar-refractivity contribution in [2.75, 3.05) is 78.5 Å². The Morgan fingerprint density at radius 1 is 0.389 bits per heavy atom. The summed E-state index contributed by atoms with van der Waals surface area (Å²) in [6.07, 6.45) is 5.34. The third-order valence-corrected chi connectivity index (χ3v) is 20.4. The van der Waals surface area contributed by atoms with Crippen LogP contribution in [0, 0.1) is 4.91 Å². The summed E-state index contributed by atoms with van der Waals surface area (Å²) < 4.78 is 94.8. The molecule has 372 valence electrons. The highest BCUT2D eigenvalue weighted by Gasteiger charge is 2.38. The summed E-state index contributed by atoms with van der Waals surface area (Å²) in [4.78, 5) is 18.8. The summed E-state index contributed by atoms with van der Waals surface area (Å²) in [6, 6.07) is 33.1. The third kappa shape index (κ3) is 9.45. The first kappa shape index (κ1) is 49.6. The van der Waals surface area contributed by atoms with E-state index in [0.717, 1.165) is 33.4 Å². The Morgan fingerprint density at radius 2 is 0.667 bits per heavy atom. The minimum Gasteiger partial charge on any atom is -0.296 e. The van der Waals surface area contributed by atoms with Gasteiger partial charge in [0.2, 0.25) is 30.1 Å². The molecule has 7 aromatic rings. The minimum absolute atomic E-state index is 0.153. The molecule has 17 heteroatoms. The lowest BCUT2D eigenvalue weighted by molar-refractivity contribution is 0.181. The monoisotopic (exact) mass is 1020 g/mol. The maximum absolute atomic E-state index is 15.2. The molecule has 0 atom stereocenters. The number of sulfonamides is 3. The normalized spacial score (nSPS) is 17.7. The molecule has 3 saturated heterocycles. The first-order valence-corrected chi connectivity index (χ1v) is 28.5. The van der Waals surface area contributed by atoms with Gasteiger partial charge in [-0.25, -0.2) is 25.3 Å². The van der Waals surface area contributed by atoms with E-state index in [1.807, 2.05) is 72.8 Å². The Labute approximate surface area is 422 Å². The fraction of sp³-hybridized carbons (Fsp3) is 0.273. The lowest BCUT2D eigenvalue weighted by Crippen LogP contribution is -2.48. The predicted octanol–water partition coefficient (Wildman–Crippen LogP) is 8.43. The van der Waals surface area contributed by atoms with Crippen LogP contribution in [-0.4, -0.2) is 131 Å². The summed E-state index contributed by atoms with van der Waals surface area (Å²) >= 11 is 0. The first-order valence-electron chi connectivity index (χ1n) is 24.2. The van der Waals surface area contributed by atoms with Gasteiger partial charge in [0.1, 0.15) is 5.69 Å². The highest BCUT2D eigenvalue weighted by Crippen LogP contribution is 2.46. The molecule has 7 aromatic carbocycles. The quantitative estimate of drug-likeness (QED) is 0.0682. The van der Waals surface area contributed by atoms with Gasteiger partial charge in [-0.1, -0.05) is 135 Å². The Balaban J connectivity index is 1.02. The topological polar surface area (TPSA) is 151 Å². The zero-order valence-electron chi connectivity index (χ0n) is 40.1. The zero-order chi connectivity index (χ0) is 50.4. The van der Waals surface area contributed by atoms with E-state index >= 15 is 16.8 Å². The van der Waals surface area contributed by atoms with Crippen molar-refractivity contribution in [3.05, 3.63) is 167 Å². The second kappa shape index (κ2) is 20.1. The zero-order valence-corrected chi connectivity index (χ0v) is 42.5. The van der Waals surface area contributed by atoms with E-state index in [2.05, 4.69) is 39.6 Å². The number of benzene rings is 7. The summed E-state index contributed by atoms with van der Waals surface area (Å²) in [6.45, 7) is 17.1. The van der Waals surface area contributed by atoms with Crippen LogP contribution in [0.25, 0.3) is 50.5 Å². The van der Waals surface area contributed by atoms with Gasteiger partial charge in [0.05, 0.1) is 14.7 Å². The molecule has 0 radical (unpaired) electrons. The lowest BCUT2D eigenvalue weighted by atomic mass is 9.93. The van der Waals surface area contributed by atoms with Gasteiger partial charge < -0.3 is 0 Å². The van der Waals surface area contributed by atoms with Crippen LogP contribution in [0.2, 0.25) is 0 Å². The molecular formula is C55H57N7O7S3. The molecule has 0 saturated carbocycles. The molecular weight excluding hydrogens is 967 g/mol. The largest absolute Gasteiger partial charge is 0.296 e. The molecule has 0 spiro atoms. The average Bonchev–Trinajstić information content (AvgIpc) is 3.40. The number of piperazine rings is 3. The van der Waals surface area contributed by atoms with E-state index in [1.54, 1.807) is 42.5 Å². The van der Waals surface area contributed by atoms with Gasteiger partial charge in [0.25, 0.3) is 0 Å². The van der Waals surface area contributed by atoms with Gasteiger partial charge in [0.15, 0.2) is 0 Å². The third-order valence-electron chi connectivity index (χ3n) is 14.6. The summed E-state index contributed by atoms with van der Waals surface area (Å²) in [5.74, 6) is 0. The molecule has 14 nitrogen and oxygen atoms in total. The van der Waals surface area contributed by atoms with Crippen molar-refractivity contribution >= 4 is 86.3 Å². The van der Waals surface area contributed by atoms with Crippen LogP contribution in [0.1, 0.15) is 33.4 Å². The standard InChI is InChI=1S/C55H57N7O7S3/c1-4-40-7-13-43(14-8-40)37-57-23-29-60(30-24-57)70(64,65)51-35-50(56-63)46-19-20-48-52(71(66,67)61-31-25-58(26-32-61)38-44-15-9-41(5-2)10-16-44)36-53(49-22-21-47(51)54(46)55(48)49)72(68,69)62-33-27-59(28-34-62)39-45-17-11-42(6-3)12-18-45/h4-22,35-36H,1-3,23-34,37-39H2. The summed E-state index contributed by atoms with van der Waals surface area (Å²) in [5.41, 5.74) is 6.13. The van der Waals surface area contributed by atoms with Gasteiger partial charge in [-0.05, 0) is 50.7 Å². The van der Waals surface area contributed by atoms with Crippen molar-refractivity contribution in [2.45, 2.75) is 34.3 Å². The smallest absolute Gasteiger partial charge is 0.243 e. The van der Waals surface area contributed by atoms with E-state index in [4.69, 9.17) is 0 Å². The fourth-order valence-electron chi connectivity index (χ4n) is 10.4. The summed E-state index contributed by atoms with van der Waals surface area (Å²) in [5, 5.41) is 4.79. The van der Waals surface area contributed by atoms with Gasteiger partial charge in [0, 0.05) is 130 Å². The molecule has 0 bridgehead atoms. The molecule has 0 amide bonds. The minimum atomic E-state index is -4.38. The maximum Gasteiger partial charge on any atom is 0.243 e. The molecule has 0 aliphatic carbocycles. The van der Waals surface area contributed by atoms with Crippen LogP contribution >= 0.6 is 0 Å². The van der Waals surface area contributed by atoms with E-state index in [1.165, 1.54) is 25.0 Å². The molecule has 3 fully saturated rings. The fourth-order valence-corrected chi connectivity index (χ4v) is 15.4. The molecule has 0 N–H and O–H groups in total. The molecule has 10 rings (SSSR count). The van der Waals surface area contributed by atoms with Crippen LogP contribution in [0.4, 0.5) is 5.69 Å². The number of nitrogens with zero attached hydrogens (tertiary/aromatic N) is 7. The highest BCUT2D eigenvalue weighted by molar-refractivity contribution is 7.90. The van der Waals surface area contributed by atoms with E-state index in [9.17, 15) is 13.3 Å². The van der Waals surface area contributed by atoms with Gasteiger partial charge in [-0.15, -0.1) is 4.91 Å². The Hall–Kier alpha value is -5.99. The second-order valence-corrected chi connectivity index (χ2v) is 24.5. The number of hydrogen-bond donors (Lipinski definition) is 0. The van der Waals surface area contributed by atoms with Gasteiger partial charge >= 0.3 is 0 Å². The van der Waals surface area contributed by atoms with Crippen molar-refractivity contribution in [2.24, 2.45) is 5.18 Å². The molecule has 3 heterocycles. The second-order valence-electron chi connectivity index (χ2n) is 18.8.